The molecule has 0 unspecified atom stereocenters. The highest BCUT2D eigenvalue weighted by Gasteiger charge is 2.24. The lowest BCUT2D eigenvalue weighted by Crippen LogP contribution is -2.51. The second kappa shape index (κ2) is 11.8. The predicted octanol–water partition coefficient (Wildman–Crippen LogP) is 4.97. The van der Waals surface area contributed by atoms with E-state index in [1.54, 1.807) is 12.0 Å². The fraction of sp³-hybridized carbons (Fsp3) is 0.429. The molecule has 0 saturated carbocycles. The van der Waals surface area contributed by atoms with E-state index in [9.17, 15) is 9.59 Å². The molecule has 0 atom stereocenters. The van der Waals surface area contributed by atoms with E-state index < -0.39 is 0 Å². The Hall–Kier alpha value is -3.48. The minimum atomic E-state index is -0.371. The van der Waals surface area contributed by atoms with Crippen LogP contribution in [-0.2, 0) is 17.8 Å². The molecule has 0 radical (unpaired) electrons. The number of hydrogen-bond donors (Lipinski definition) is 2. The highest BCUT2D eigenvalue weighted by atomic mass is 16.5. The molecule has 0 aliphatic heterocycles. The fourth-order valence-corrected chi connectivity index (χ4v) is 4.02. The predicted molar refractivity (Wildman–Crippen MR) is 141 cm³/mol. The minimum absolute atomic E-state index is 0.0415. The van der Waals surface area contributed by atoms with Gasteiger partial charge >= 0.3 is 6.03 Å². The van der Waals surface area contributed by atoms with Crippen LogP contribution in [0.25, 0.3) is 10.9 Å². The normalized spacial score (nSPS) is 11.3. The van der Waals surface area contributed by atoms with Crippen LogP contribution in [0.5, 0.6) is 5.75 Å². The first-order valence-electron chi connectivity index (χ1n) is 12.2. The van der Waals surface area contributed by atoms with Crippen molar-refractivity contribution in [1.82, 2.24) is 20.1 Å². The van der Waals surface area contributed by atoms with Crippen LogP contribution in [0.2, 0.25) is 0 Å². The molecule has 188 valence electrons. The van der Waals surface area contributed by atoms with E-state index in [-0.39, 0.29) is 24.0 Å². The molecule has 3 rings (SSSR count). The number of H-pyrrole nitrogens is 1. The van der Waals surface area contributed by atoms with Crippen molar-refractivity contribution >= 4 is 22.8 Å². The zero-order chi connectivity index (χ0) is 25.4. The lowest BCUT2D eigenvalue weighted by molar-refractivity contribution is -0.132. The maximum Gasteiger partial charge on any atom is 0.318 e. The molecule has 1 heterocycles. The number of aromatic amines is 1. The lowest BCUT2D eigenvalue weighted by Gasteiger charge is -2.30. The topological polar surface area (TPSA) is 77.7 Å². The molecule has 0 aliphatic rings. The number of urea groups is 1. The van der Waals surface area contributed by atoms with E-state index in [2.05, 4.69) is 22.4 Å². The van der Waals surface area contributed by atoms with Gasteiger partial charge in [0.2, 0.25) is 5.91 Å². The summed E-state index contributed by atoms with van der Waals surface area (Å²) in [6, 6.07) is 15.7. The van der Waals surface area contributed by atoms with Crippen LogP contribution in [0.15, 0.2) is 54.7 Å². The third-order valence-electron chi connectivity index (χ3n) is 5.80. The highest BCUT2D eigenvalue weighted by molar-refractivity contribution is 5.85. The summed E-state index contributed by atoms with van der Waals surface area (Å²) in [5, 5.41) is 4.15. The van der Waals surface area contributed by atoms with Gasteiger partial charge in [-0.15, -0.1) is 0 Å². The lowest BCUT2D eigenvalue weighted by atomic mass is 10.1. The SMILES string of the molecule is CCCN(CC(=O)N(CCc1c[nH]c2ccccc12)Cc1ccc(OC)cc1)C(=O)NC(C)(C)C. The Bertz CT molecular complexity index is 1120. The van der Waals surface area contributed by atoms with Crippen molar-refractivity contribution in [1.29, 1.82) is 0 Å². The Morgan fingerprint density at radius 1 is 1.00 bits per heavy atom. The molecule has 2 N–H and O–H groups in total. The van der Waals surface area contributed by atoms with Gasteiger partial charge in [-0.25, -0.2) is 4.79 Å². The monoisotopic (exact) mass is 478 g/mol. The molecule has 0 fully saturated rings. The summed E-state index contributed by atoms with van der Waals surface area (Å²) in [5.74, 6) is 0.705. The summed E-state index contributed by atoms with van der Waals surface area (Å²) in [4.78, 5) is 33.1. The third-order valence-corrected chi connectivity index (χ3v) is 5.80. The van der Waals surface area contributed by atoms with Gasteiger partial charge in [-0.2, -0.15) is 0 Å². The van der Waals surface area contributed by atoms with Crippen LogP contribution in [-0.4, -0.2) is 59.0 Å². The number of amides is 3. The van der Waals surface area contributed by atoms with Crippen molar-refractivity contribution in [2.24, 2.45) is 0 Å². The van der Waals surface area contributed by atoms with E-state index in [1.807, 2.05) is 75.2 Å². The highest BCUT2D eigenvalue weighted by Crippen LogP contribution is 2.19. The summed E-state index contributed by atoms with van der Waals surface area (Å²) < 4.78 is 5.27. The Morgan fingerprint density at radius 3 is 2.37 bits per heavy atom. The number of ether oxygens (including phenoxy) is 1. The number of hydrogen-bond acceptors (Lipinski definition) is 3. The average molecular weight is 479 g/mol. The number of carbonyl (C=O) groups is 2. The Morgan fingerprint density at radius 2 is 1.71 bits per heavy atom. The number of rotatable bonds is 10. The molecule has 0 saturated heterocycles. The smallest absolute Gasteiger partial charge is 0.318 e. The minimum Gasteiger partial charge on any atom is -0.497 e. The number of nitrogens with one attached hydrogen (secondary N) is 2. The molecule has 3 amide bonds. The van der Waals surface area contributed by atoms with E-state index >= 15 is 0 Å². The van der Waals surface area contributed by atoms with Gasteiger partial charge in [-0.3, -0.25) is 4.79 Å². The van der Waals surface area contributed by atoms with Crippen molar-refractivity contribution in [2.45, 2.75) is 52.6 Å². The van der Waals surface area contributed by atoms with Crippen molar-refractivity contribution in [3.63, 3.8) is 0 Å². The summed E-state index contributed by atoms with van der Waals surface area (Å²) in [5.41, 5.74) is 2.90. The van der Waals surface area contributed by atoms with Gasteiger partial charge in [0.1, 0.15) is 12.3 Å². The molecule has 2 aromatic carbocycles. The maximum absolute atomic E-state index is 13.5. The molecule has 35 heavy (non-hydrogen) atoms. The number of aromatic nitrogens is 1. The number of nitrogens with zero attached hydrogens (tertiary/aromatic N) is 2. The van der Waals surface area contributed by atoms with Crippen LogP contribution in [0.4, 0.5) is 4.79 Å². The number of para-hydroxylation sites is 1. The molecule has 0 spiro atoms. The zero-order valence-corrected chi connectivity index (χ0v) is 21.6. The van der Waals surface area contributed by atoms with Crippen molar-refractivity contribution in [3.05, 3.63) is 65.9 Å². The first-order valence-corrected chi connectivity index (χ1v) is 12.2. The van der Waals surface area contributed by atoms with Gasteiger partial charge in [0.25, 0.3) is 0 Å². The fourth-order valence-electron chi connectivity index (χ4n) is 4.02. The van der Waals surface area contributed by atoms with Gasteiger partial charge in [0, 0.05) is 42.3 Å². The molecule has 7 heteroatoms. The number of carbonyl (C=O) groups excluding carboxylic acids is 2. The second-order valence-corrected chi connectivity index (χ2v) is 9.87. The molecule has 1 aromatic heterocycles. The Kier molecular flexibility index (Phi) is 8.79. The molecule has 0 bridgehead atoms. The van der Waals surface area contributed by atoms with Gasteiger partial charge in [0.15, 0.2) is 0 Å². The van der Waals surface area contributed by atoms with Gasteiger partial charge < -0.3 is 24.8 Å². The molecule has 3 aromatic rings. The van der Waals surface area contributed by atoms with Gasteiger partial charge in [-0.1, -0.05) is 37.3 Å². The van der Waals surface area contributed by atoms with E-state index in [0.717, 1.165) is 23.3 Å². The number of fused-ring (bicyclic) bond motifs is 1. The summed E-state index contributed by atoms with van der Waals surface area (Å²) in [7, 11) is 1.64. The molecular formula is C28H38N4O3. The zero-order valence-electron chi connectivity index (χ0n) is 21.6. The van der Waals surface area contributed by atoms with Crippen molar-refractivity contribution in [3.8, 4) is 5.75 Å². The Labute approximate surface area is 208 Å². The van der Waals surface area contributed by atoms with Gasteiger partial charge in [0.05, 0.1) is 7.11 Å². The molecular weight excluding hydrogens is 440 g/mol. The van der Waals surface area contributed by atoms with Crippen LogP contribution >= 0.6 is 0 Å². The summed E-state index contributed by atoms with van der Waals surface area (Å²) in [6.45, 7) is 9.40. The first-order chi connectivity index (χ1) is 16.7. The standard InChI is InChI=1S/C28H38N4O3/c1-6-16-32(27(34)30-28(2,3)4)20-26(33)31(19-21-11-13-23(35-5)14-12-21)17-15-22-18-29-25-10-8-7-9-24(22)25/h7-14,18,29H,6,15-17,19-20H2,1-5H3,(H,30,34). The van der Waals surface area contributed by atoms with E-state index in [1.165, 1.54) is 10.9 Å². The van der Waals surface area contributed by atoms with Crippen LogP contribution in [0, 0.1) is 0 Å². The maximum atomic E-state index is 13.5. The summed E-state index contributed by atoms with van der Waals surface area (Å²) >= 11 is 0. The van der Waals surface area contributed by atoms with E-state index in [4.69, 9.17) is 4.74 Å². The second-order valence-electron chi connectivity index (χ2n) is 9.87. The molecule has 7 nitrogen and oxygen atoms in total. The van der Waals surface area contributed by atoms with Gasteiger partial charge in [-0.05, 0) is 62.9 Å². The molecule has 0 aliphatic carbocycles. The van der Waals surface area contributed by atoms with Crippen molar-refractivity contribution < 1.29 is 14.3 Å². The van der Waals surface area contributed by atoms with Crippen LogP contribution < -0.4 is 10.1 Å². The number of benzene rings is 2. The van der Waals surface area contributed by atoms with Crippen LogP contribution in [0.3, 0.4) is 0 Å². The summed E-state index contributed by atoms with van der Waals surface area (Å²) in [6.07, 6.45) is 3.51. The van der Waals surface area contributed by atoms with Crippen LogP contribution in [0.1, 0.15) is 45.2 Å². The first kappa shape index (κ1) is 26.1. The third kappa shape index (κ3) is 7.50. The number of methoxy groups -OCH3 is 1. The van der Waals surface area contributed by atoms with Crippen molar-refractivity contribution in [2.75, 3.05) is 26.7 Å². The largest absolute Gasteiger partial charge is 0.497 e. The quantitative estimate of drug-likeness (QED) is 0.432. The Balaban J connectivity index is 1.78. The van der Waals surface area contributed by atoms with E-state index in [0.29, 0.717) is 26.1 Å². The average Bonchev–Trinajstić information content (AvgIpc) is 3.23.